The minimum atomic E-state index is -0.204. The van der Waals surface area contributed by atoms with Gasteiger partial charge in [0.1, 0.15) is 0 Å². The van der Waals surface area contributed by atoms with Crippen molar-refractivity contribution in [3.63, 3.8) is 0 Å². The number of esters is 1. The minimum Gasteiger partial charge on any atom is -0.466 e. The number of H-pyrrole nitrogens is 1. The zero-order valence-corrected chi connectivity index (χ0v) is 11.8. The molecule has 0 atom stereocenters. The summed E-state index contributed by atoms with van der Waals surface area (Å²) in [5, 5.41) is 1.05. The summed E-state index contributed by atoms with van der Waals surface area (Å²) < 4.78 is 5.02. The first-order valence-corrected chi connectivity index (χ1v) is 6.94. The van der Waals surface area contributed by atoms with Crippen LogP contribution in [0.5, 0.6) is 0 Å². The number of nitrogens with one attached hydrogen (secondary N) is 1. The molecule has 1 N–H and O–H groups in total. The van der Waals surface area contributed by atoms with Crippen molar-refractivity contribution in [2.24, 2.45) is 0 Å². The highest BCUT2D eigenvalue weighted by Gasteiger charge is 2.10. The van der Waals surface area contributed by atoms with Gasteiger partial charge in [-0.25, -0.2) is 0 Å². The van der Waals surface area contributed by atoms with Crippen LogP contribution in [0.25, 0.3) is 22.0 Å². The van der Waals surface area contributed by atoms with E-state index in [2.05, 4.69) is 16.0 Å². The van der Waals surface area contributed by atoms with E-state index in [4.69, 9.17) is 4.74 Å². The van der Waals surface area contributed by atoms with E-state index in [0.29, 0.717) is 6.61 Å². The predicted octanol–water partition coefficient (Wildman–Crippen LogP) is 3.34. The number of benzene rings is 1. The monoisotopic (exact) mass is 280 g/mol. The lowest BCUT2D eigenvalue weighted by Crippen LogP contribution is -2.06. The second-order valence-electron chi connectivity index (χ2n) is 4.80. The summed E-state index contributed by atoms with van der Waals surface area (Å²) in [6.45, 7) is 2.22. The number of carbonyl (C=O) groups excluding carboxylic acids is 1. The third-order valence-corrected chi connectivity index (χ3v) is 3.40. The molecule has 0 spiro atoms. The molecule has 2 heterocycles. The molecule has 3 rings (SSSR count). The number of fused-ring (bicyclic) bond motifs is 1. The maximum atomic E-state index is 11.7. The van der Waals surface area contributed by atoms with Gasteiger partial charge in [0.2, 0.25) is 0 Å². The van der Waals surface area contributed by atoms with E-state index in [1.165, 1.54) is 0 Å². The molecule has 0 aliphatic heterocycles. The zero-order valence-electron chi connectivity index (χ0n) is 11.8. The number of carbonyl (C=O) groups is 1. The van der Waals surface area contributed by atoms with Gasteiger partial charge in [0, 0.05) is 35.1 Å². The summed E-state index contributed by atoms with van der Waals surface area (Å²) in [5.74, 6) is -0.204. The molecule has 0 bridgehead atoms. The van der Waals surface area contributed by atoms with Gasteiger partial charge < -0.3 is 9.72 Å². The molecule has 0 aliphatic carbocycles. The highest BCUT2D eigenvalue weighted by atomic mass is 16.5. The molecule has 106 valence electrons. The Bertz CT molecular complexity index is 763. The fourth-order valence-electron chi connectivity index (χ4n) is 2.41. The summed E-state index contributed by atoms with van der Waals surface area (Å²) in [6, 6.07) is 10.1. The smallest absolute Gasteiger partial charge is 0.310 e. The summed E-state index contributed by atoms with van der Waals surface area (Å²) >= 11 is 0. The quantitative estimate of drug-likeness (QED) is 0.746. The summed E-state index contributed by atoms with van der Waals surface area (Å²) in [5.41, 5.74) is 4.11. The molecule has 0 saturated carbocycles. The lowest BCUT2D eigenvalue weighted by atomic mass is 10.0. The van der Waals surface area contributed by atoms with Gasteiger partial charge in [-0.15, -0.1) is 0 Å². The molecule has 21 heavy (non-hydrogen) atoms. The third kappa shape index (κ3) is 2.79. The Labute approximate surface area is 122 Å². The summed E-state index contributed by atoms with van der Waals surface area (Å²) in [7, 11) is 0. The van der Waals surface area contributed by atoms with Crippen molar-refractivity contribution in [2.45, 2.75) is 13.3 Å². The van der Waals surface area contributed by atoms with Gasteiger partial charge in [-0.2, -0.15) is 0 Å². The van der Waals surface area contributed by atoms with Gasteiger partial charge in [0.15, 0.2) is 0 Å². The van der Waals surface area contributed by atoms with Gasteiger partial charge in [-0.1, -0.05) is 12.1 Å². The average molecular weight is 280 g/mol. The van der Waals surface area contributed by atoms with Crippen molar-refractivity contribution < 1.29 is 9.53 Å². The Hall–Kier alpha value is -2.62. The first-order chi connectivity index (χ1) is 10.3. The predicted molar refractivity (Wildman–Crippen MR) is 81.9 cm³/mol. The van der Waals surface area contributed by atoms with Crippen LogP contribution in [0.2, 0.25) is 0 Å². The molecule has 1 aromatic carbocycles. The fourth-order valence-corrected chi connectivity index (χ4v) is 2.41. The van der Waals surface area contributed by atoms with Crippen molar-refractivity contribution in [1.29, 1.82) is 0 Å². The van der Waals surface area contributed by atoms with Crippen LogP contribution in [0.4, 0.5) is 0 Å². The van der Waals surface area contributed by atoms with Crippen molar-refractivity contribution in [3.05, 3.63) is 54.5 Å². The Balaban J connectivity index is 1.98. The fraction of sp³-hybridized carbons (Fsp3) is 0.176. The van der Waals surface area contributed by atoms with Gasteiger partial charge >= 0.3 is 5.97 Å². The molecule has 3 aromatic rings. The van der Waals surface area contributed by atoms with Crippen LogP contribution >= 0.6 is 0 Å². The number of aromatic nitrogens is 2. The molecule has 2 aromatic heterocycles. The van der Waals surface area contributed by atoms with E-state index in [9.17, 15) is 4.79 Å². The number of nitrogens with zero attached hydrogens (tertiary/aromatic N) is 1. The van der Waals surface area contributed by atoms with Gasteiger partial charge in [0.05, 0.1) is 13.0 Å². The van der Waals surface area contributed by atoms with E-state index in [0.717, 1.165) is 27.6 Å². The number of hydrogen-bond donors (Lipinski definition) is 1. The van der Waals surface area contributed by atoms with E-state index < -0.39 is 0 Å². The van der Waals surface area contributed by atoms with Crippen LogP contribution in [0, 0.1) is 0 Å². The molecule has 0 saturated heterocycles. The number of rotatable bonds is 4. The molecule has 0 aliphatic rings. The van der Waals surface area contributed by atoms with E-state index >= 15 is 0 Å². The molecule has 4 heteroatoms. The van der Waals surface area contributed by atoms with Crippen LogP contribution in [0.15, 0.2) is 48.9 Å². The van der Waals surface area contributed by atoms with Crippen molar-refractivity contribution >= 4 is 16.9 Å². The first-order valence-electron chi connectivity index (χ1n) is 6.94. The van der Waals surface area contributed by atoms with E-state index in [1.807, 2.05) is 43.6 Å². The van der Waals surface area contributed by atoms with Crippen molar-refractivity contribution in [1.82, 2.24) is 9.97 Å². The summed E-state index contributed by atoms with van der Waals surface area (Å²) in [4.78, 5) is 19.0. The summed E-state index contributed by atoms with van der Waals surface area (Å²) in [6.07, 6.45) is 5.74. The largest absolute Gasteiger partial charge is 0.466 e. The first kappa shape index (κ1) is 13.4. The lowest BCUT2D eigenvalue weighted by molar-refractivity contribution is -0.142. The average Bonchev–Trinajstić information content (AvgIpc) is 2.91. The Morgan fingerprint density at radius 3 is 2.95 bits per heavy atom. The maximum Gasteiger partial charge on any atom is 0.310 e. The highest BCUT2D eigenvalue weighted by molar-refractivity contribution is 5.90. The number of aromatic amines is 1. The maximum absolute atomic E-state index is 11.7. The number of hydrogen-bond acceptors (Lipinski definition) is 3. The second-order valence-corrected chi connectivity index (χ2v) is 4.80. The van der Waals surface area contributed by atoms with Crippen LogP contribution in [-0.2, 0) is 16.0 Å². The minimum absolute atomic E-state index is 0.204. The molecule has 0 fully saturated rings. The molecular weight excluding hydrogens is 264 g/mol. The lowest BCUT2D eigenvalue weighted by Gasteiger charge is -2.03. The van der Waals surface area contributed by atoms with Crippen molar-refractivity contribution in [2.75, 3.05) is 6.61 Å². The van der Waals surface area contributed by atoms with E-state index in [-0.39, 0.29) is 12.4 Å². The number of ether oxygens (including phenoxy) is 1. The van der Waals surface area contributed by atoms with Gasteiger partial charge in [-0.3, -0.25) is 9.78 Å². The third-order valence-electron chi connectivity index (χ3n) is 3.40. The normalized spacial score (nSPS) is 10.7. The van der Waals surface area contributed by atoms with Crippen molar-refractivity contribution in [3.8, 4) is 11.1 Å². The molecular formula is C17H16N2O2. The van der Waals surface area contributed by atoms with Gasteiger partial charge in [-0.05, 0) is 36.2 Å². The topological polar surface area (TPSA) is 55.0 Å². The van der Waals surface area contributed by atoms with Crippen LogP contribution in [0.1, 0.15) is 12.5 Å². The molecule has 0 unspecified atom stereocenters. The Morgan fingerprint density at radius 2 is 2.19 bits per heavy atom. The SMILES string of the molecule is CCOC(=O)Cc1c[nH]c2ccc(-c3cccnc3)cc12. The zero-order chi connectivity index (χ0) is 14.7. The molecule has 0 radical (unpaired) electrons. The van der Waals surface area contributed by atoms with Crippen LogP contribution in [0.3, 0.4) is 0 Å². The number of pyridine rings is 1. The molecule has 4 nitrogen and oxygen atoms in total. The van der Waals surface area contributed by atoms with Crippen LogP contribution < -0.4 is 0 Å². The Kier molecular flexibility index (Phi) is 3.69. The highest BCUT2D eigenvalue weighted by Crippen LogP contribution is 2.26. The van der Waals surface area contributed by atoms with Gasteiger partial charge in [0.25, 0.3) is 0 Å². The van der Waals surface area contributed by atoms with E-state index in [1.54, 1.807) is 6.20 Å². The van der Waals surface area contributed by atoms with Crippen LogP contribution in [-0.4, -0.2) is 22.5 Å². The second kappa shape index (κ2) is 5.79. The standard InChI is InChI=1S/C17H16N2O2/c1-2-21-17(20)9-14-11-19-16-6-5-12(8-15(14)16)13-4-3-7-18-10-13/h3-8,10-11,19H,2,9H2,1H3. The Morgan fingerprint density at radius 1 is 1.29 bits per heavy atom. The molecule has 0 amide bonds.